The number of methoxy groups -OCH3 is 1. The second-order valence-corrected chi connectivity index (χ2v) is 6.17. The molecular formula is C20H27N3O6. The zero-order chi connectivity index (χ0) is 21.4. The molecule has 9 nitrogen and oxygen atoms in total. The van der Waals surface area contributed by atoms with E-state index in [2.05, 4.69) is 10.2 Å². The van der Waals surface area contributed by atoms with Crippen molar-refractivity contribution >= 4 is 11.6 Å². The van der Waals surface area contributed by atoms with Crippen molar-refractivity contribution in [2.45, 2.75) is 26.8 Å². The number of carbonyl (C=O) groups is 1. The number of nitrogens with one attached hydrogen (secondary N) is 1. The Kier molecular flexibility index (Phi) is 8.02. The maximum absolute atomic E-state index is 12.8. The highest BCUT2D eigenvalue weighted by Crippen LogP contribution is 2.34. The molecule has 158 valence electrons. The molecule has 29 heavy (non-hydrogen) atoms. The number of likely N-dealkylation sites (N-methyl/N-ethyl adjacent to an activating group) is 1. The monoisotopic (exact) mass is 405 g/mol. The highest BCUT2D eigenvalue weighted by molar-refractivity contribution is 5.99. The lowest BCUT2D eigenvalue weighted by atomic mass is 10.1. The van der Waals surface area contributed by atoms with E-state index in [0.29, 0.717) is 12.4 Å². The van der Waals surface area contributed by atoms with E-state index >= 15 is 0 Å². The molecule has 1 unspecified atom stereocenters. The van der Waals surface area contributed by atoms with Gasteiger partial charge in [0.05, 0.1) is 37.0 Å². The van der Waals surface area contributed by atoms with E-state index in [9.17, 15) is 14.9 Å². The van der Waals surface area contributed by atoms with Crippen molar-refractivity contribution in [3.63, 3.8) is 0 Å². The predicted molar refractivity (Wildman–Crippen MR) is 108 cm³/mol. The molecule has 0 bridgehead atoms. The first-order chi connectivity index (χ1) is 14.0. The molecule has 0 spiro atoms. The van der Waals surface area contributed by atoms with Gasteiger partial charge in [-0.15, -0.1) is 0 Å². The SMILES string of the molecule is CCOc1cc(C(=O)NCC(c2ccco2)N(CC)CC)c([N+](=O)[O-])cc1OC. The lowest BCUT2D eigenvalue weighted by Gasteiger charge is -2.28. The molecule has 1 atom stereocenters. The van der Waals surface area contributed by atoms with E-state index in [0.717, 1.165) is 13.1 Å². The zero-order valence-corrected chi connectivity index (χ0v) is 17.1. The van der Waals surface area contributed by atoms with Crippen molar-refractivity contribution in [3.8, 4) is 11.5 Å². The Balaban J connectivity index is 2.30. The van der Waals surface area contributed by atoms with Crippen molar-refractivity contribution in [2.24, 2.45) is 0 Å². The molecule has 0 saturated carbocycles. The summed E-state index contributed by atoms with van der Waals surface area (Å²) in [4.78, 5) is 25.9. The molecule has 0 aliphatic heterocycles. The van der Waals surface area contributed by atoms with E-state index in [4.69, 9.17) is 13.9 Å². The third-order valence-electron chi connectivity index (χ3n) is 4.60. The fraction of sp³-hybridized carbons (Fsp3) is 0.450. The van der Waals surface area contributed by atoms with Crippen molar-refractivity contribution in [1.82, 2.24) is 10.2 Å². The van der Waals surface area contributed by atoms with Gasteiger partial charge in [0, 0.05) is 12.6 Å². The molecular weight excluding hydrogens is 378 g/mol. The van der Waals surface area contributed by atoms with Crippen LogP contribution in [0.4, 0.5) is 5.69 Å². The van der Waals surface area contributed by atoms with Crippen LogP contribution in [0.3, 0.4) is 0 Å². The predicted octanol–water partition coefficient (Wildman–Crippen LogP) is 3.41. The van der Waals surface area contributed by atoms with Crippen molar-refractivity contribution in [2.75, 3.05) is 33.4 Å². The Morgan fingerprint density at radius 3 is 2.52 bits per heavy atom. The van der Waals surface area contributed by atoms with Gasteiger partial charge in [-0.3, -0.25) is 19.8 Å². The van der Waals surface area contributed by atoms with Gasteiger partial charge >= 0.3 is 0 Å². The van der Waals surface area contributed by atoms with Crippen LogP contribution in [0.1, 0.15) is 42.9 Å². The van der Waals surface area contributed by atoms with Crippen LogP contribution in [0.5, 0.6) is 11.5 Å². The Morgan fingerprint density at radius 2 is 2.00 bits per heavy atom. The summed E-state index contributed by atoms with van der Waals surface area (Å²) in [7, 11) is 1.39. The smallest absolute Gasteiger partial charge is 0.286 e. The third-order valence-corrected chi connectivity index (χ3v) is 4.60. The molecule has 1 heterocycles. The molecule has 0 aliphatic carbocycles. The first-order valence-corrected chi connectivity index (χ1v) is 9.51. The summed E-state index contributed by atoms with van der Waals surface area (Å²) >= 11 is 0. The van der Waals surface area contributed by atoms with Gasteiger partial charge in [0.25, 0.3) is 11.6 Å². The molecule has 1 amide bonds. The number of nitrogens with zero attached hydrogens (tertiary/aromatic N) is 2. The molecule has 2 aromatic rings. The fourth-order valence-electron chi connectivity index (χ4n) is 3.15. The van der Waals surface area contributed by atoms with E-state index in [1.54, 1.807) is 19.3 Å². The van der Waals surface area contributed by atoms with Gasteiger partial charge in [0.2, 0.25) is 0 Å². The van der Waals surface area contributed by atoms with Crippen LogP contribution in [0.15, 0.2) is 34.9 Å². The summed E-state index contributed by atoms with van der Waals surface area (Å²) in [5.74, 6) is 0.626. The Bertz CT molecular complexity index is 818. The molecule has 0 aliphatic rings. The normalized spacial score (nSPS) is 11.9. The zero-order valence-electron chi connectivity index (χ0n) is 17.1. The molecule has 0 saturated heterocycles. The summed E-state index contributed by atoms with van der Waals surface area (Å²) in [6.45, 7) is 7.90. The average molecular weight is 405 g/mol. The van der Waals surface area contributed by atoms with Gasteiger partial charge in [-0.05, 0) is 32.1 Å². The number of benzene rings is 1. The van der Waals surface area contributed by atoms with Crippen LogP contribution in [0.25, 0.3) is 0 Å². The number of nitro groups is 1. The minimum absolute atomic E-state index is 0.0861. The van der Waals surface area contributed by atoms with Gasteiger partial charge < -0.3 is 19.2 Å². The number of hydrogen-bond donors (Lipinski definition) is 1. The Morgan fingerprint density at radius 1 is 1.28 bits per heavy atom. The van der Waals surface area contributed by atoms with Gasteiger partial charge in [0.15, 0.2) is 11.5 Å². The van der Waals surface area contributed by atoms with Gasteiger partial charge in [-0.2, -0.15) is 0 Å². The summed E-state index contributed by atoms with van der Waals surface area (Å²) in [6, 6.07) is 5.99. The average Bonchev–Trinajstić information content (AvgIpc) is 3.25. The lowest BCUT2D eigenvalue weighted by molar-refractivity contribution is -0.385. The number of rotatable bonds is 11. The number of ether oxygens (including phenoxy) is 2. The molecule has 0 fully saturated rings. The van der Waals surface area contributed by atoms with Crippen LogP contribution in [-0.4, -0.2) is 49.1 Å². The second-order valence-electron chi connectivity index (χ2n) is 6.17. The van der Waals surface area contributed by atoms with Gasteiger partial charge in [-0.1, -0.05) is 13.8 Å². The number of hydrogen-bond acceptors (Lipinski definition) is 7. The quantitative estimate of drug-likeness (QED) is 0.451. The Hall–Kier alpha value is -3.07. The minimum Gasteiger partial charge on any atom is -0.493 e. The standard InChI is InChI=1S/C20H27N3O6/c1-5-22(6-2)16(17-9-8-10-29-17)13-21-20(24)14-11-19(28-7-3)18(27-4)12-15(14)23(25)26/h8-12,16H,5-7,13H2,1-4H3,(H,21,24). The first-order valence-electron chi connectivity index (χ1n) is 9.51. The topological polar surface area (TPSA) is 107 Å². The lowest BCUT2D eigenvalue weighted by Crippen LogP contribution is -2.38. The van der Waals surface area contributed by atoms with E-state index in [1.165, 1.54) is 19.2 Å². The molecule has 1 aromatic heterocycles. The first kappa shape index (κ1) is 22.2. The Labute approximate surface area is 169 Å². The molecule has 1 N–H and O–H groups in total. The highest BCUT2D eigenvalue weighted by Gasteiger charge is 2.27. The number of furan rings is 1. The maximum Gasteiger partial charge on any atom is 0.286 e. The third kappa shape index (κ3) is 5.26. The van der Waals surface area contributed by atoms with E-state index in [-0.39, 0.29) is 35.3 Å². The summed E-state index contributed by atoms with van der Waals surface area (Å²) in [5, 5.41) is 14.3. The largest absolute Gasteiger partial charge is 0.493 e. The second kappa shape index (κ2) is 10.5. The van der Waals surface area contributed by atoms with Crippen molar-refractivity contribution in [1.29, 1.82) is 0 Å². The van der Waals surface area contributed by atoms with Crippen LogP contribution in [0.2, 0.25) is 0 Å². The summed E-state index contributed by atoms with van der Waals surface area (Å²) in [6.07, 6.45) is 1.58. The summed E-state index contributed by atoms with van der Waals surface area (Å²) in [5.41, 5.74) is -0.433. The summed E-state index contributed by atoms with van der Waals surface area (Å²) < 4.78 is 16.1. The number of nitro benzene ring substituents is 1. The minimum atomic E-state index is -0.610. The molecule has 0 radical (unpaired) electrons. The van der Waals surface area contributed by atoms with Crippen molar-refractivity contribution < 1.29 is 23.6 Å². The molecule has 1 aromatic carbocycles. The highest BCUT2D eigenvalue weighted by atomic mass is 16.6. The van der Waals surface area contributed by atoms with Crippen LogP contribution in [-0.2, 0) is 0 Å². The van der Waals surface area contributed by atoms with Gasteiger partial charge in [-0.25, -0.2) is 0 Å². The number of amides is 1. The number of carbonyl (C=O) groups excluding carboxylic acids is 1. The van der Waals surface area contributed by atoms with Crippen molar-refractivity contribution in [3.05, 3.63) is 52.0 Å². The molecule has 9 heteroatoms. The van der Waals surface area contributed by atoms with E-state index in [1.807, 2.05) is 19.9 Å². The van der Waals surface area contributed by atoms with Gasteiger partial charge in [0.1, 0.15) is 11.3 Å². The maximum atomic E-state index is 12.8. The van der Waals surface area contributed by atoms with Crippen LogP contribution < -0.4 is 14.8 Å². The van der Waals surface area contributed by atoms with E-state index < -0.39 is 10.8 Å². The van der Waals surface area contributed by atoms with Crippen LogP contribution in [0, 0.1) is 10.1 Å². The van der Waals surface area contributed by atoms with Crippen LogP contribution >= 0.6 is 0 Å². The fourth-order valence-corrected chi connectivity index (χ4v) is 3.15. The molecule has 2 rings (SSSR count).